The molecule has 0 atom stereocenters. The minimum atomic E-state index is 0.0122. The van der Waals surface area contributed by atoms with Crippen molar-refractivity contribution in [3.63, 3.8) is 0 Å². The van der Waals surface area contributed by atoms with Gasteiger partial charge in [-0.15, -0.1) is 10.2 Å². The second-order valence-electron chi connectivity index (χ2n) is 8.00. The van der Waals surface area contributed by atoms with Gasteiger partial charge in [0.2, 0.25) is 5.91 Å². The van der Waals surface area contributed by atoms with Crippen LogP contribution in [0.2, 0.25) is 0 Å². The molecule has 176 valence electrons. The SMILES string of the molecule is COc1ccc(-n2c(C)nnc2SCC(=O)N(C)Cc2c(C)nn(-c3ccccc3)c2C)cc1. The van der Waals surface area contributed by atoms with Gasteiger partial charge in [-0.25, -0.2) is 4.68 Å². The predicted molar refractivity (Wildman–Crippen MR) is 133 cm³/mol. The molecule has 8 nitrogen and oxygen atoms in total. The van der Waals surface area contributed by atoms with E-state index in [0.717, 1.165) is 39.9 Å². The van der Waals surface area contributed by atoms with Gasteiger partial charge in [0.25, 0.3) is 0 Å². The van der Waals surface area contributed by atoms with E-state index in [1.807, 2.05) is 91.7 Å². The Kier molecular flexibility index (Phi) is 7.02. The number of methoxy groups -OCH3 is 1. The summed E-state index contributed by atoms with van der Waals surface area (Å²) in [5.74, 6) is 1.81. The van der Waals surface area contributed by atoms with Crippen LogP contribution < -0.4 is 4.74 Å². The van der Waals surface area contributed by atoms with E-state index in [1.54, 1.807) is 12.0 Å². The Labute approximate surface area is 203 Å². The molecule has 2 aromatic heterocycles. The number of rotatable bonds is 8. The van der Waals surface area contributed by atoms with E-state index in [0.29, 0.717) is 11.7 Å². The van der Waals surface area contributed by atoms with E-state index in [2.05, 4.69) is 15.3 Å². The fourth-order valence-corrected chi connectivity index (χ4v) is 4.69. The predicted octanol–water partition coefficient (Wildman–Crippen LogP) is 4.14. The lowest BCUT2D eigenvalue weighted by Gasteiger charge is -2.17. The zero-order chi connectivity index (χ0) is 24.2. The van der Waals surface area contributed by atoms with Crippen LogP contribution in [0.1, 0.15) is 22.8 Å². The van der Waals surface area contributed by atoms with Crippen LogP contribution in [0.5, 0.6) is 5.75 Å². The number of ether oxygens (including phenoxy) is 1. The van der Waals surface area contributed by atoms with Gasteiger partial charge in [0, 0.05) is 30.5 Å². The van der Waals surface area contributed by atoms with Crippen molar-refractivity contribution in [2.45, 2.75) is 32.5 Å². The van der Waals surface area contributed by atoms with E-state index in [9.17, 15) is 4.79 Å². The lowest BCUT2D eigenvalue weighted by molar-refractivity contribution is -0.127. The third kappa shape index (κ3) is 4.84. The molecule has 0 saturated heterocycles. The lowest BCUT2D eigenvalue weighted by Crippen LogP contribution is -2.28. The van der Waals surface area contributed by atoms with Crippen LogP contribution >= 0.6 is 11.8 Å². The van der Waals surface area contributed by atoms with Crippen molar-refractivity contribution in [3.8, 4) is 17.1 Å². The summed E-state index contributed by atoms with van der Waals surface area (Å²) in [4.78, 5) is 14.7. The summed E-state index contributed by atoms with van der Waals surface area (Å²) in [6.45, 7) is 6.41. The molecule has 0 spiro atoms. The first-order valence-electron chi connectivity index (χ1n) is 10.9. The number of aromatic nitrogens is 5. The van der Waals surface area contributed by atoms with E-state index < -0.39 is 0 Å². The largest absolute Gasteiger partial charge is 0.497 e. The quantitative estimate of drug-likeness (QED) is 0.356. The maximum absolute atomic E-state index is 13.0. The molecule has 2 aromatic carbocycles. The summed E-state index contributed by atoms with van der Waals surface area (Å²) in [6, 6.07) is 17.7. The number of para-hydroxylation sites is 1. The van der Waals surface area contributed by atoms with Crippen molar-refractivity contribution < 1.29 is 9.53 Å². The molecule has 0 bridgehead atoms. The van der Waals surface area contributed by atoms with Crippen molar-refractivity contribution in [3.05, 3.63) is 77.4 Å². The molecule has 34 heavy (non-hydrogen) atoms. The first-order valence-corrected chi connectivity index (χ1v) is 11.9. The molecule has 0 unspecified atom stereocenters. The molecule has 9 heteroatoms. The van der Waals surface area contributed by atoms with Gasteiger partial charge in [-0.3, -0.25) is 9.36 Å². The maximum atomic E-state index is 13.0. The average molecular weight is 477 g/mol. The zero-order valence-corrected chi connectivity index (χ0v) is 20.8. The minimum absolute atomic E-state index is 0.0122. The number of nitrogens with zero attached hydrogens (tertiary/aromatic N) is 6. The molecule has 0 radical (unpaired) electrons. The normalized spacial score (nSPS) is 11.0. The average Bonchev–Trinajstić information content (AvgIpc) is 3.37. The van der Waals surface area contributed by atoms with Crippen LogP contribution in [0.4, 0.5) is 0 Å². The Bertz CT molecular complexity index is 1280. The molecule has 0 aliphatic carbocycles. The lowest BCUT2D eigenvalue weighted by atomic mass is 10.2. The van der Waals surface area contributed by atoms with Gasteiger partial charge in [0.05, 0.1) is 24.2 Å². The Hall–Kier alpha value is -3.59. The Morgan fingerprint density at radius 3 is 2.38 bits per heavy atom. The highest BCUT2D eigenvalue weighted by Crippen LogP contribution is 2.24. The third-order valence-corrected chi connectivity index (χ3v) is 6.63. The molecule has 0 N–H and O–H groups in total. The van der Waals surface area contributed by atoms with Gasteiger partial charge in [0.15, 0.2) is 5.16 Å². The zero-order valence-electron chi connectivity index (χ0n) is 20.0. The summed E-state index contributed by atoms with van der Waals surface area (Å²) >= 11 is 1.38. The molecule has 0 fully saturated rings. The summed E-state index contributed by atoms with van der Waals surface area (Å²) in [6.07, 6.45) is 0. The van der Waals surface area contributed by atoms with Gasteiger partial charge in [-0.05, 0) is 57.2 Å². The van der Waals surface area contributed by atoms with Crippen molar-refractivity contribution in [1.82, 2.24) is 29.4 Å². The topological polar surface area (TPSA) is 78.1 Å². The molecule has 4 rings (SSSR count). The number of thioether (sulfide) groups is 1. The van der Waals surface area contributed by atoms with Gasteiger partial charge >= 0.3 is 0 Å². The number of hydrogen-bond donors (Lipinski definition) is 0. The number of benzene rings is 2. The molecule has 0 aliphatic heterocycles. The molecule has 2 heterocycles. The van der Waals surface area contributed by atoms with Crippen LogP contribution in [0.3, 0.4) is 0 Å². The van der Waals surface area contributed by atoms with Gasteiger partial charge < -0.3 is 9.64 Å². The number of aryl methyl sites for hydroxylation is 2. The Balaban J connectivity index is 1.44. The van der Waals surface area contributed by atoms with Crippen LogP contribution in [-0.4, -0.2) is 55.3 Å². The summed E-state index contributed by atoms with van der Waals surface area (Å²) in [5, 5.41) is 13.8. The van der Waals surface area contributed by atoms with E-state index >= 15 is 0 Å². The van der Waals surface area contributed by atoms with Crippen LogP contribution in [0, 0.1) is 20.8 Å². The molecule has 1 amide bonds. The van der Waals surface area contributed by atoms with Crippen molar-refractivity contribution in [2.75, 3.05) is 19.9 Å². The number of hydrogen-bond acceptors (Lipinski definition) is 6. The molecule has 0 saturated carbocycles. The fourth-order valence-electron chi connectivity index (χ4n) is 3.75. The van der Waals surface area contributed by atoms with Gasteiger partial charge in [-0.1, -0.05) is 30.0 Å². The van der Waals surface area contributed by atoms with Gasteiger partial charge in [0.1, 0.15) is 11.6 Å². The first kappa shape index (κ1) is 23.6. The number of carbonyl (C=O) groups excluding carboxylic acids is 1. The highest BCUT2D eigenvalue weighted by atomic mass is 32.2. The highest BCUT2D eigenvalue weighted by molar-refractivity contribution is 7.99. The minimum Gasteiger partial charge on any atom is -0.497 e. The number of carbonyl (C=O) groups is 1. The van der Waals surface area contributed by atoms with E-state index in [4.69, 9.17) is 4.74 Å². The Morgan fingerprint density at radius 1 is 1.00 bits per heavy atom. The third-order valence-electron chi connectivity index (χ3n) is 5.71. The van der Waals surface area contributed by atoms with Crippen LogP contribution in [0.15, 0.2) is 59.8 Å². The summed E-state index contributed by atoms with van der Waals surface area (Å²) < 4.78 is 9.11. The summed E-state index contributed by atoms with van der Waals surface area (Å²) in [5.41, 5.74) is 4.94. The molecular formula is C25H28N6O2S. The van der Waals surface area contributed by atoms with Crippen LogP contribution in [0.25, 0.3) is 11.4 Å². The summed E-state index contributed by atoms with van der Waals surface area (Å²) in [7, 11) is 3.46. The smallest absolute Gasteiger partial charge is 0.233 e. The standard InChI is InChI=1S/C25H28N6O2S/c1-17-23(18(2)31(28-17)21-9-7-6-8-10-21)15-29(4)24(32)16-34-25-27-26-19(3)30(25)20-11-13-22(33-5)14-12-20/h6-14H,15-16H2,1-5H3. The van der Waals surface area contributed by atoms with Crippen molar-refractivity contribution >= 4 is 17.7 Å². The second kappa shape index (κ2) is 10.1. The molecule has 4 aromatic rings. The van der Waals surface area contributed by atoms with Crippen LogP contribution in [-0.2, 0) is 11.3 Å². The number of amides is 1. The molecular weight excluding hydrogens is 448 g/mol. The monoisotopic (exact) mass is 476 g/mol. The fraction of sp³-hybridized carbons (Fsp3) is 0.280. The van der Waals surface area contributed by atoms with Crippen molar-refractivity contribution in [1.29, 1.82) is 0 Å². The second-order valence-corrected chi connectivity index (χ2v) is 8.94. The van der Waals surface area contributed by atoms with E-state index in [1.165, 1.54) is 11.8 Å². The maximum Gasteiger partial charge on any atom is 0.233 e. The first-order chi connectivity index (χ1) is 16.4. The van der Waals surface area contributed by atoms with E-state index in [-0.39, 0.29) is 11.7 Å². The molecule has 0 aliphatic rings. The highest BCUT2D eigenvalue weighted by Gasteiger charge is 2.19. The van der Waals surface area contributed by atoms with Gasteiger partial charge in [-0.2, -0.15) is 5.10 Å². The van der Waals surface area contributed by atoms with Crippen molar-refractivity contribution in [2.24, 2.45) is 0 Å². The Morgan fingerprint density at radius 2 is 1.71 bits per heavy atom.